The SMILES string of the molecule is c1cc2ccc3cc4ccc5ccc6ccc7cc8ccc1c1c2c3c2c4c5c6c7c2c81.c1ccc2cc3cc4cc5ccccc5cc4cc3cc2c1. The normalized spacial score (nSPS) is 12.8. The highest BCUT2D eigenvalue weighted by atomic mass is 14.3. The van der Waals surface area contributed by atoms with Crippen molar-refractivity contribution in [2.24, 2.45) is 0 Å². The minimum absolute atomic E-state index is 1.30. The lowest BCUT2D eigenvalue weighted by atomic mass is 9.77. The molecule has 0 nitrogen and oxygen atoms in total. The Labute approximate surface area is 308 Å². The molecule has 15 aromatic rings. The highest BCUT2D eigenvalue weighted by Crippen LogP contribution is 2.54. The molecule has 0 aliphatic heterocycles. The van der Waals surface area contributed by atoms with Crippen LogP contribution < -0.4 is 0 Å². The van der Waals surface area contributed by atoms with E-state index >= 15 is 0 Å². The maximum absolute atomic E-state index is 2.42. The summed E-state index contributed by atoms with van der Waals surface area (Å²) >= 11 is 0. The van der Waals surface area contributed by atoms with Gasteiger partial charge < -0.3 is 0 Å². The quantitative estimate of drug-likeness (QED) is 0.111. The monoisotopic (exact) mass is 676 g/mol. The van der Waals surface area contributed by atoms with Crippen molar-refractivity contribution < 1.29 is 0 Å². The standard InChI is InChI=1S/C32H14.C22H14/c1-2-16-6-10-20-14-22-12-8-18-4-3-17-7-11-21-13-19-9-5-15(1)23-24(16)28(20)32-30(22)26(18)25(17)29(21)31(32)27(19)23;1-2-6-16-10-20-14-22-12-18-8-4-3-7-17(18)11-21(22)13-19(20)9-15(16)5-1/h1-14H;1-14H. The minimum Gasteiger partial charge on any atom is -0.0616 e. The Morgan fingerprint density at radius 2 is 0.315 bits per heavy atom. The molecule has 0 saturated carbocycles. The highest BCUT2D eigenvalue weighted by Gasteiger charge is 2.25. The number of hydrogen-bond acceptors (Lipinski definition) is 0. The number of fused-ring (bicyclic) bond motifs is 4. The van der Waals surface area contributed by atoms with Crippen LogP contribution in [0.5, 0.6) is 0 Å². The molecular formula is C54H28. The predicted octanol–water partition coefficient (Wildman–Crippen LogP) is 15.6. The van der Waals surface area contributed by atoms with Crippen LogP contribution in [0, 0.1) is 0 Å². The van der Waals surface area contributed by atoms with Gasteiger partial charge >= 0.3 is 0 Å². The lowest BCUT2D eigenvalue weighted by molar-refractivity contribution is 1.78. The highest BCUT2D eigenvalue weighted by molar-refractivity contribution is 6.53. The number of hydrogen-bond donors (Lipinski definition) is 0. The van der Waals surface area contributed by atoms with Gasteiger partial charge in [-0.25, -0.2) is 0 Å². The lowest BCUT2D eigenvalue weighted by Crippen LogP contribution is -1.96. The molecule has 0 aliphatic carbocycles. The maximum atomic E-state index is 2.42. The summed E-state index contributed by atoms with van der Waals surface area (Å²) in [5.74, 6) is 0. The van der Waals surface area contributed by atoms with E-state index < -0.39 is 0 Å². The summed E-state index contributed by atoms with van der Waals surface area (Å²) in [6.07, 6.45) is 0. The van der Waals surface area contributed by atoms with E-state index in [1.165, 1.54) is 140 Å². The smallest absolute Gasteiger partial charge is 0.0000929 e. The third kappa shape index (κ3) is 3.36. The van der Waals surface area contributed by atoms with Crippen molar-refractivity contribution in [1.82, 2.24) is 0 Å². The summed E-state index contributed by atoms with van der Waals surface area (Å²) < 4.78 is 0. The molecule has 54 heavy (non-hydrogen) atoms. The van der Waals surface area contributed by atoms with Crippen LogP contribution in [0.15, 0.2) is 170 Å². The summed E-state index contributed by atoms with van der Waals surface area (Å²) in [5.41, 5.74) is 0. The van der Waals surface area contributed by atoms with Gasteiger partial charge in [0.25, 0.3) is 0 Å². The van der Waals surface area contributed by atoms with E-state index in [0.29, 0.717) is 0 Å². The van der Waals surface area contributed by atoms with E-state index in [9.17, 15) is 0 Å². The Morgan fingerprint density at radius 3 is 0.574 bits per heavy atom. The van der Waals surface area contributed by atoms with Gasteiger partial charge in [0, 0.05) is 0 Å². The third-order valence-corrected chi connectivity index (χ3v) is 12.9. The molecule has 15 rings (SSSR count). The molecule has 0 N–H and O–H groups in total. The molecule has 0 amide bonds. The molecule has 0 atom stereocenters. The van der Waals surface area contributed by atoms with Crippen molar-refractivity contribution >= 4 is 140 Å². The first kappa shape index (κ1) is 27.6. The zero-order valence-corrected chi connectivity index (χ0v) is 29.2. The zero-order chi connectivity index (χ0) is 34.8. The second-order valence-electron chi connectivity index (χ2n) is 15.6. The molecule has 0 bridgehead atoms. The Hall–Kier alpha value is -7.02. The third-order valence-electron chi connectivity index (χ3n) is 12.9. The van der Waals surface area contributed by atoms with Crippen LogP contribution in [0.3, 0.4) is 0 Å². The van der Waals surface area contributed by atoms with Crippen molar-refractivity contribution in [1.29, 1.82) is 0 Å². The van der Waals surface area contributed by atoms with E-state index in [4.69, 9.17) is 0 Å². The Kier molecular flexibility index (Phi) is 4.85. The predicted molar refractivity (Wildman–Crippen MR) is 236 cm³/mol. The summed E-state index contributed by atoms with van der Waals surface area (Å²) in [5, 5.41) is 35.8. The van der Waals surface area contributed by atoms with Crippen molar-refractivity contribution in [3.05, 3.63) is 170 Å². The van der Waals surface area contributed by atoms with Crippen LogP contribution in [0.25, 0.3) is 140 Å². The fourth-order valence-electron chi connectivity index (χ4n) is 10.6. The fraction of sp³-hybridized carbons (Fsp3) is 0. The molecule has 15 aromatic carbocycles. The van der Waals surface area contributed by atoms with Crippen LogP contribution in [-0.4, -0.2) is 0 Å². The van der Waals surface area contributed by atoms with E-state index in [-0.39, 0.29) is 0 Å². The first-order chi connectivity index (χ1) is 26.7. The van der Waals surface area contributed by atoms with Crippen LogP contribution >= 0.6 is 0 Å². The van der Waals surface area contributed by atoms with E-state index in [0.717, 1.165) is 0 Å². The van der Waals surface area contributed by atoms with Gasteiger partial charge in [-0.05, 0) is 189 Å². The second-order valence-corrected chi connectivity index (χ2v) is 15.6. The first-order valence-electron chi connectivity index (χ1n) is 19.0. The van der Waals surface area contributed by atoms with Crippen molar-refractivity contribution in [3.8, 4) is 0 Å². The Balaban J connectivity index is 0.000000120. The van der Waals surface area contributed by atoms with Crippen LogP contribution in [-0.2, 0) is 0 Å². The summed E-state index contributed by atoms with van der Waals surface area (Å²) in [6, 6.07) is 63.5. The molecule has 0 fully saturated rings. The minimum atomic E-state index is 1.30. The number of benzene rings is 15. The molecule has 0 saturated heterocycles. The molecule has 244 valence electrons. The average molecular weight is 677 g/mol. The molecular weight excluding hydrogens is 649 g/mol. The molecule has 0 radical (unpaired) electrons. The van der Waals surface area contributed by atoms with E-state index in [1.54, 1.807) is 0 Å². The van der Waals surface area contributed by atoms with Crippen LogP contribution in [0.4, 0.5) is 0 Å². The van der Waals surface area contributed by atoms with Gasteiger partial charge in [0.1, 0.15) is 0 Å². The molecule has 0 heterocycles. The van der Waals surface area contributed by atoms with Gasteiger partial charge in [0.05, 0.1) is 0 Å². The molecule has 0 heteroatoms. The average Bonchev–Trinajstić information content (AvgIpc) is 3.22. The number of rotatable bonds is 0. The van der Waals surface area contributed by atoms with Gasteiger partial charge in [-0.3, -0.25) is 0 Å². The largest absolute Gasteiger partial charge is 0.0616 e. The van der Waals surface area contributed by atoms with Gasteiger partial charge in [0.15, 0.2) is 0 Å². The van der Waals surface area contributed by atoms with Gasteiger partial charge in [-0.1, -0.05) is 121 Å². The second kappa shape index (κ2) is 9.50. The molecule has 0 spiro atoms. The van der Waals surface area contributed by atoms with Crippen molar-refractivity contribution in [2.75, 3.05) is 0 Å². The topological polar surface area (TPSA) is 0 Å². The van der Waals surface area contributed by atoms with Gasteiger partial charge in [-0.2, -0.15) is 0 Å². The summed E-state index contributed by atoms with van der Waals surface area (Å²) in [6.45, 7) is 0. The Bertz CT molecular complexity index is 3490. The molecule has 0 aliphatic rings. The van der Waals surface area contributed by atoms with Crippen LogP contribution in [0.1, 0.15) is 0 Å². The van der Waals surface area contributed by atoms with E-state index in [1.807, 2.05) is 0 Å². The van der Waals surface area contributed by atoms with Crippen molar-refractivity contribution in [2.45, 2.75) is 0 Å². The van der Waals surface area contributed by atoms with Crippen molar-refractivity contribution in [3.63, 3.8) is 0 Å². The van der Waals surface area contributed by atoms with E-state index in [2.05, 4.69) is 170 Å². The van der Waals surface area contributed by atoms with Gasteiger partial charge in [-0.15, -0.1) is 0 Å². The summed E-state index contributed by atoms with van der Waals surface area (Å²) in [7, 11) is 0. The molecule has 0 unspecified atom stereocenters. The molecule has 0 aromatic heterocycles. The Morgan fingerprint density at radius 1 is 0.130 bits per heavy atom. The van der Waals surface area contributed by atoms with Gasteiger partial charge in [0.2, 0.25) is 0 Å². The first-order valence-corrected chi connectivity index (χ1v) is 19.0. The fourth-order valence-corrected chi connectivity index (χ4v) is 10.6. The van der Waals surface area contributed by atoms with Crippen LogP contribution in [0.2, 0.25) is 0 Å². The maximum Gasteiger partial charge on any atom is -0.0000929 e. The summed E-state index contributed by atoms with van der Waals surface area (Å²) in [4.78, 5) is 0. The zero-order valence-electron chi connectivity index (χ0n) is 29.2. The lowest BCUT2D eigenvalue weighted by Gasteiger charge is -2.25.